The number of amides is 1. The third kappa shape index (κ3) is 4.01. The molecule has 0 spiro atoms. The van der Waals surface area contributed by atoms with Crippen LogP contribution < -0.4 is 0 Å². The number of likely N-dealkylation sites (N-methyl/N-ethyl adjacent to an activating group) is 1. The molecule has 2 N–H and O–H groups in total. The SMILES string of the molecule is COC(=O)c1ccc([C@H]2/C(=C(\O)c3c[nH]c4ccccc34)C(=O)C(=O)N2CCN(C)C)cc1. The lowest BCUT2D eigenvalue weighted by Crippen LogP contribution is -2.35. The largest absolute Gasteiger partial charge is 0.507 e. The zero-order chi connectivity index (χ0) is 23.7. The third-order valence-electron chi connectivity index (χ3n) is 5.82. The molecule has 3 aromatic rings. The highest BCUT2D eigenvalue weighted by atomic mass is 16.5. The van der Waals surface area contributed by atoms with E-state index in [0.29, 0.717) is 29.8 Å². The van der Waals surface area contributed by atoms with Crippen molar-refractivity contribution in [3.63, 3.8) is 0 Å². The quantitative estimate of drug-likeness (QED) is 0.261. The molecule has 33 heavy (non-hydrogen) atoms. The van der Waals surface area contributed by atoms with Crippen molar-refractivity contribution in [2.45, 2.75) is 6.04 Å². The maximum absolute atomic E-state index is 13.1. The van der Waals surface area contributed by atoms with Gasteiger partial charge >= 0.3 is 5.97 Å². The summed E-state index contributed by atoms with van der Waals surface area (Å²) < 4.78 is 4.76. The number of Topliss-reactive ketones (excluding diaryl/α,β-unsaturated/α-hetero) is 1. The number of aromatic nitrogens is 1. The highest BCUT2D eigenvalue weighted by Crippen LogP contribution is 2.40. The van der Waals surface area contributed by atoms with Gasteiger partial charge in [0.15, 0.2) is 0 Å². The molecule has 4 rings (SSSR count). The monoisotopic (exact) mass is 447 g/mol. The summed E-state index contributed by atoms with van der Waals surface area (Å²) in [4.78, 5) is 44.4. The topological polar surface area (TPSA) is 103 Å². The van der Waals surface area contributed by atoms with Crippen LogP contribution in [-0.4, -0.2) is 71.8 Å². The number of ketones is 1. The first-order valence-electron chi connectivity index (χ1n) is 10.5. The lowest BCUT2D eigenvalue weighted by Gasteiger charge is -2.26. The van der Waals surface area contributed by atoms with Crippen LogP contribution in [0.2, 0.25) is 0 Å². The number of hydrogen-bond acceptors (Lipinski definition) is 6. The van der Waals surface area contributed by atoms with Gasteiger partial charge in [0.25, 0.3) is 11.7 Å². The van der Waals surface area contributed by atoms with Gasteiger partial charge in [-0.1, -0.05) is 30.3 Å². The van der Waals surface area contributed by atoms with E-state index in [0.717, 1.165) is 10.9 Å². The fourth-order valence-electron chi connectivity index (χ4n) is 4.10. The Hall–Kier alpha value is -3.91. The van der Waals surface area contributed by atoms with Crippen molar-refractivity contribution in [3.05, 3.63) is 77.0 Å². The molecular weight excluding hydrogens is 422 g/mol. The molecule has 1 aliphatic rings. The zero-order valence-corrected chi connectivity index (χ0v) is 18.7. The summed E-state index contributed by atoms with van der Waals surface area (Å²) in [5.74, 6) is -2.12. The standard InChI is InChI=1S/C25H25N3O5/c1-27(2)12-13-28-21(15-8-10-16(11-9-15)25(32)33-3)20(23(30)24(28)31)22(29)18-14-26-19-7-5-4-6-17(18)19/h4-11,14,21,26,29H,12-13H2,1-3H3/b22-20+/t21-/m0/s1. The number of aliphatic hydroxyl groups is 1. The zero-order valence-electron chi connectivity index (χ0n) is 18.7. The summed E-state index contributed by atoms with van der Waals surface area (Å²) in [6.07, 6.45) is 1.63. The van der Waals surface area contributed by atoms with E-state index in [1.165, 1.54) is 12.0 Å². The van der Waals surface area contributed by atoms with Crippen molar-refractivity contribution >= 4 is 34.3 Å². The molecular formula is C25H25N3O5. The summed E-state index contributed by atoms with van der Waals surface area (Å²) in [6, 6.07) is 13.1. The molecule has 1 aromatic heterocycles. The third-order valence-corrected chi connectivity index (χ3v) is 5.82. The van der Waals surface area contributed by atoms with Crippen molar-refractivity contribution in [3.8, 4) is 0 Å². The van der Waals surface area contributed by atoms with Gasteiger partial charge in [0.05, 0.1) is 24.3 Å². The predicted octanol–water partition coefficient (Wildman–Crippen LogP) is 2.94. The minimum absolute atomic E-state index is 0.0225. The molecule has 1 atom stereocenters. The van der Waals surface area contributed by atoms with Crippen LogP contribution in [0.5, 0.6) is 0 Å². The number of aliphatic hydroxyl groups excluding tert-OH is 1. The van der Waals surface area contributed by atoms with Crippen LogP contribution in [-0.2, 0) is 14.3 Å². The summed E-state index contributed by atoms with van der Waals surface area (Å²) in [6.45, 7) is 0.836. The van der Waals surface area contributed by atoms with E-state index in [-0.39, 0.29) is 11.3 Å². The van der Waals surface area contributed by atoms with E-state index in [1.807, 2.05) is 43.3 Å². The van der Waals surface area contributed by atoms with Gasteiger partial charge in [-0.3, -0.25) is 9.59 Å². The molecule has 0 radical (unpaired) electrons. The first kappa shape index (κ1) is 22.3. The number of ether oxygens (including phenoxy) is 1. The van der Waals surface area contributed by atoms with Crippen molar-refractivity contribution in [2.24, 2.45) is 0 Å². The van der Waals surface area contributed by atoms with Crippen molar-refractivity contribution in [1.82, 2.24) is 14.8 Å². The van der Waals surface area contributed by atoms with Crippen molar-refractivity contribution in [2.75, 3.05) is 34.3 Å². The van der Waals surface area contributed by atoms with E-state index >= 15 is 0 Å². The van der Waals surface area contributed by atoms with E-state index in [2.05, 4.69) is 4.98 Å². The second-order valence-electron chi connectivity index (χ2n) is 8.16. The number of benzene rings is 2. The Morgan fingerprint density at radius 3 is 2.48 bits per heavy atom. The number of fused-ring (bicyclic) bond motifs is 1. The van der Waals surface area contributed by atoms with Crippen LogP contribution in [0.3, 0.4) is 0 Å². The summed E-state index contributed by atoms with van der Waals surface area (Å²) >= 11 is 0. The average Bonchev–Trinajstić information content (AvgIpc) is 3.36. The molecule has 0 aliphatic carbocycles. The van der Waals surface area contributed by atoms with Gasteiger partial charge in [0.2, 0.25) is 0 Å². The first-order valence-corrected chi connectivity index (χ1v) is 10.5. The summed E-state index contributed by atoms with van der Waals surface area (Å²) in [7, 11) is 5.05. The molecule has 0 bridgehead atoms. The fourth-order valence-corrected chi connectivity index (χ4v) is 4.10. The molecule has 0 unspecified atom stereocenters. The Balaban J connectivity index is 1.86. The van der Waals surface area contributed by atoms with Gasteiger partial charge in [0.1, 0.15) is 5.76 Å². The minimum Gasteiger partial charge on any atom is -0.507 e. The average molecular weight is 447 g/mol. The molecule has 2 aromatic carbocycles. The Bertz CT molecular complexity index is 1260. The number of rotatable bonds is 6. The van der Waals surface area contributed by atoms with Crippen LogP contribution in [0.4, 0.5) is 0 Å². The number of carbonyl (C=O) groups excluding carboxylic acids is 3. The van der Waals surface area contributed by atoms with Crippen LogP contribution in [0, 0.1) is 0 Å². The molecule has 1 amide bonds. The van der Waals surface area contributed by atoms with Crippen molar-refractivity contribution in [1.29, 1.82) is 0 Å². The van der Waals surface area contributed by atoms with Crippen molar-refractivity contribution < 1.29 is 24.2 Å². The maximum Gasteiger partial charge on any atom is 0.337 e. The number of hydrogen-bond donors (Lipinski definition) is 2. The number of carbonyl (C=O) groups is 3. The predicted molar refractivity (Wildman–Crippen MR) is 124 cm³/mol. The maximum atomic E-state index is 13.1. The molecule has 8 nitrogen and oxygen atoms in total. The lowest BCUT2D eigenvalue weighted by atomic mass is 9.94. The van der Waals surface area contributed by atoms with Crippen LogP contribution >= 0.6 is 0 Å². The van der Waals surface area contributed by atoms with E-state index < -0.39 is 23.7 Å². The number of para-hydroxylation sites is 1. The molecule has 1 fully saturated rings. The number of aromatic amines is 1. The number of nitrogens with zero attached hydrogens (tertiary/aromatic N) is 2. The Labute approximate surface area is 191 Å². The first-order chi connectivity index (χ1) is 15.8. The molecule has 170 valence electrons. The number of H-pyrrole nitrogens is 1. The molecule has 1 aliphatic heterocycles. The van der Waals surface area contributed by atoms with Crippen LogP contribution in [0.15, 0.2) is 60.3 Å². The highest BCUT2D eigenvalue weighted by molar-refractivity contribution is 6.46. The molecule has 0 saturated carbocycles. The van der Waals surface area contributed by atoms with Gasteiger partial charge < -0.3 is 24.6 Å². The van der Waals surface area contributed by atoms with Gasteiger partial charge in [-0.05, 0) is 37.9 Å². The smallest absolute Gasteiger partial charge is 0.337 e. The summed E-state index contributed by atoms with van der Waals surface area (Å²) in [5.41, 5.74) is 2.24. The van der Waals surface area contributed by atoms with E-state index in [1.54, 1.807) is 30.5 Å². The van der Waals surface area contributed by atoms with Gasteiger partial charge in [-0.2, -0.15) is 0 Å². The van der Waals surface area contributed by atoms with Gasteiger partial charge in [-0.15, -0.1) is 0 Å². The summed E-state index contributed by atoms with van der Waals surface area (Å²) in [5, 5.41) is 12.0. The van der Waals surface area contributed by atoms with Crippen LogP contribution in [0.1, 0.15) is 27.5 Å². The highest BCUT2D eigenvalue weighted by Gasteiger charge is 2.46. The van der Waals surface area contributed by atoms with Gasteiger partial charge in [-0.25, -0.2) is 4.79 Å². The Kier molecular flexibility index (Phi) is 6.02. The molecule has 2 heterocycles. The molecule has 1 saturated heterocycles. The fraction of sp³-hybridized carbons (Fsp3) is 0.240. The normalized spacial score (nSPS) is 17.8. The second-order valence-corrected chi connectivity index (χ2v) is 8.16. The molecule has 8 heteroatoms. The Morgan fingerprint density at radius 1 is 1.12 bits per heavy atom. The van der Waals surface area contributed by atoms with E-state index in [9.17, 15) is 19.5 Å². The van der Waals surface area contributed by atoms with Gasteiger partial charge in [0, 0.05) is 35.8 Å². The number of likely N-dealkylation sites (tertiary alicyclic amines) is 1. The minimum atomic E-state index is -0.787. The number of methoxy groups -OCH3 is 1. The number of esters is 1. The van der Waals surface area contributed by atoms with Crippen LogP contribution in [0.25, 0.3) is 16.7 Å². The lowest BCUT2D eigenvalue weighted by molar-refractivity contribution is -0.140. The number of nitrogens with one attached hydrogen (secondary N) is 1. The Morgan fingerprint density at radius 2 is 1.82 bits per heavy atom. The second kappa shape index (κ2) is 8.91. The van der Waals surface area contributed by atoms with E-state index in [4.69, 9.17) is 4.74 Å².